The quantitative estimate of drug-likeness (QED) is 0.0189. The van der Waals surface area contributed by atoms with Crippen molar-refractivity contribution in [2.24, 2.45) is 17.8 Å². The molecule has 4 aromatic carbocycles. The minimum Gasteiger partial charge on any atom is -0.494 e. The molecule has 2 fully saturated rings. The number of aliphatic hydroxyl groups excluding tert-OH is 1. The Morgan fingerprint density at radius 1 is 0.355 bits per heavy atom. The zero-order chi connectivity index (χ0) is 88.6. The van der Waals surface area contributed by atoms with Crippen LogP contribution in [0.15, 0.2) is 72.8 Å². The van der Waals surface area contributed by atoms with Crippen molar-refractivity contribution in [3.63, 3.8) is 0 Å². The number of aliphatic hydroxyl groups is 1. The van der Waals surface area contributed by atoms with Gasteiger partial charge in [0.1, 0.15) is 36.1 Å². The molecule has 2 aliphatic heterocycles. The largest absolute Gasteiger partial charge is 0.494 e. The molecule has 0 bridgehead atoms. The molecule has 0 saturated carbocycles. The van der Waals surface area contributed by atoms with Gasteiger partial charge in [0.2, 0.25) is 0 Å². The molecule has 0 radical (unpaired) electrons. The van der Waals surface area contributed by atoms with Gasteiger partial charge in [0, 0.05) is 38.8 Å². The van der Waals surface area contributed by atoms with Crippen molar-refractivity contribution in [3.8, 4) is 45.3 Å². The molecule has 2 saturated heterocycles. The van der Waals surface area contributed by atoms with Crippen molar-refractivity contribution in [2.75, 3.05) is 158 Å². The highest BCUT2D eigenvalue weighted by Crippen LogP contribution is 2.42. The summed E-state index contributed by atoms with van der Waals surface area (Å²) in [6.07, 6.45) is -2.59. The number of fused-ring (bicyclic) bond motifs is 6. The number of likely N-dealkylation sites (N-methyl/N-ethyl adjacent to an activating group) is 1. The number of aliphatic carboxylic acids is 7. The molecule has 4 aromatic rings. The van der Waals surface area contributed by atoms with Crippen LogP contribution >= 0.6 is 0 Å². The fourth-order valence-corrected chi connectivity index (χ4v) is 13.5. The number of hydrogen-bond donors (Lipinski definition) is 9. The van der Waals surface area contributed by atoms with Crippen LogP contribution in [0.2, 0.25) is 0 Å². The molecule has 36 nitrogen and oxygen atoms in total. The number of rotatable bonds is 35. The normalized spacial score (nSPS) is 20.9. The van der Waals surface area contributed by atoms with Gasteiger partial charge in [-0.15, -0.1) is 0 Å². The van der Waals surface area contributed by atoms with Gasteiger partial charge >= 0.3 is 41.8 Å². The molecule has 0 spiro atoms. The summed E-state index contributed by atoms with van der Waals surface area (Å²) in [4.78, 5) is 123. The molecular weight excluding hydrogens is 1590 g/mol. The van der Waals surface area contributed by atoms with E-state index in [0.717, 1.165) is 98.3 Å². The molecule has 9 N–H and O–H groups in total. The molecule has 2 heterocycles. The van der Waals surface area contributed by atoms with E-state index in [2.05, 4.69) is 41.5 Å². The Morgan fingerprint density at radius 3 is 1.01 bits per heavy atom. The summed E-state index contributed by atoms with van der Waals surface area (Å²) >= 11 is 0. The molecule has 4 aliphatic rings. The van der Waals surface area contributed by atoms with Crippen molar-refractivity contribution in [2.45, 2.75) is 161 Å². The average molecular weight is 1720 g/mol. The molecule has 2 aliphatic carbocycles. The SMILES string of the molecule is CCC(CC)CCOc1ccc2c(c1)C(=O)c1cc(OCCC(CC)CCO)ccc1-2.CCC(CCCC1OCCOCCOC(C(=O)O)C(C(=O)O)OCCOCCOC1C(=O)O)CCOc1ccc2c(c1)C(=O)c1cc(OCC[NH+](CC)CC)ccc1-2.O=C(O)C1COCCOC(C(=O)O)C(C(=O)O)OCCOCCOC(C(=O)O)CO1.O=O. The smallest absolute Gasteiger partial charge is 0.336 e. The second-order valence-electron chi connectivity index (χ2n) is 28.5. The number of benzene rings is 4. The summed E-state index contributed by atoms with van der Waals surface area (Å²) in [7, 11) is 0. The van der Waals surface area contributed by atoms with Gasteiger partial charge in [0.05, 0.1) is 145 Å². The monoisotopic (exact) mass is 1710 g/mol. The summed E-state index contributed by atoms with van der Waals surface area (Å²) in [6.45, 7) is 15.4. The third kappa shape index (κ3) is 34.5. The number of ether oxygens (including phenoxy) is 16. The van der Waals surface area contributed by atoms with E-state index in [1.54, 1.807) is 0 Å². The zero-order valence-electron chi connectivity index (χ0n) is 69.6. The first kappa shape index (κ1) is 102. The number of carboxylic acids is 7. The predicted molar refractivity (Wildman–Crippen MR) is 432 cm³/mol. The lowest BCUT2D eigenvalue weighted by Gasteiger charge is -2.26. The third-order valence-electron chi connectivity index (χ3n) is 20.7. The van der Waals surface area contributed by atoms with Gasteiger partial charge in [-0.25, -0.2) is 33.6 Å². The van der Waals surface area contributed by atoms with E-state index in [0.29, 0.717) is 90.8 Å². The van der Waals surface area contributed by atoms with Crippen LogP contribution in [0, 0.1) is 27.7 Å². The molecule has 121 heavy (non-hydrogen) atoms. The highest BCUT2D eigenvalue weighted by Gasteiger charge is 2.39. The van der Waals surface area contributed by atoms with Crippen LogP contribution in [0.25, 0.3) is 22.3 Å². The van der Waals surface area contributed by atoms with Crippen LogP contribution in [0.1, 0.15) is 144 Å². The van der Waals surface area contributed by atoms with Gasteiger partial charge in [-0.3, -0.25) is 9.59 Å². The molecule has 36 heteroatoms. The number of hydrogen-bond acceptors (Lipinski definition) is 28. The lowest BCUT2D eigenvalue weighted by molar-refractivity contribution is -0.896. The highest BCUT2D eigenvalue weighted by atomic mass is 16.7. The van der Waals surface area contributed by atoms with Gasteiger partial charge in [-0.05, 0) is 159 Å². The van der Waals surface area contributed by atoms with Crippen LogP contribution in [-0.4, -0.2) is 301 Å². The number of ketones is 2. The maximum Gasteiger partial charge on any atom is 0.336 e. The average Bonchev–Trinajstić information content (AvgIpc) is 1.62. The molecule has 674 valence electrons. The summed E-state index contributed by atoms with van der Waals surface area (Å²) in [5.41, 5.74) is 6.35. The van der Waals surface area contributed by atoms with E-state index >= 15 is 0 Å². The predicted octanol–water partition coefficient (Wildman–Crippen LogP) is 7.27. The summed E-state index contributed by atoms with van der Waals surface area (Å²) in [6, 6.07) is 22.9. The van der Waals surface area contributed by atoms with E-state index < -0.39 is 104 Å². The lowest BCUT2D eigenvalue weighted by atomic mass is 9.94. The highest BCUT2D eigenvalue weighted by molar-refractivity contribution is 6.23. The Bertz CT molecular complexity index is 3810. The number of carboxylic acid groups (broad SMARTS) is 7. The Kier molecular flexibility index (Phi) is 48.3. The standard InChI is InChI=1S/C42H59NO15.C27H36O4.C16H24O14.O2/c1-4-28(14-16-53-29-10-12-31-32-13-11-30(54-17-15-43(5-2)6-3)27-34(32)36(44)33(31)26-29)8-7-9-35-37(40(45)46)56-23-19-52-21-25-58-39(42(49)50)38(41(47)48)57-24-20-51-18-22-55-35;1-4-19(5-2)12-15-30-21-7-9-23-24-10-8-22(18-26(24)27(29)25(23)17-21)31-16-13-20(6-3)11-14-28;17-13(18)9-7-26-3-6-29-12(16(23)24)11(15(21)22)28-5-2-25-1-4-27-10(8-30-9)14(19)20;1-2/h10-13,26-28,35,37-39H,4-9,14-25H2,1-3H3,(H,45,46)(H,47,48)(H,49,50);7-10,17-20,28H,4-6,11-16H2,1-3H3;9-12H,1-8H2,(H,17,18)(H,19,20)(H,21,22)(H,23,24);/p+1. The van der Waals surface area contributed by atoms with Crippen LogP contribution in [-0.2, 0) is 90.4 Å². The third-order valence-corrected chi connectivity index (χ3v) is 20.7. The minimum absolute atomic E-state index is 0.0171. The van der Waals surface area contributed by atoms with Gasteiger partial charge in [-0.1, -0.05) is 66.2 Å². The van der Waals surface area contributed by atoms with E-state index in [4.69, 9.17) is 101 Å². The minimum atomic E-state index is -1.84. The van der Waals surface area contributed by atoms with E-state index in [1.165, 1.54) is 17.7 Å². The van der Waals surface area contributed by atoms with Gasteiger partial charge in [0.25, 0.3) is 0 Å². The topological polar surface area (TPSA) is 502 Å². The number of carbonyl (C=O) groups excluding carboxylic acids is 2. The molecule has 0 amide bonds. The Morgan fingerprint density at radius 2 is 0.669 bits per heavy atom. The zero-order valence-corrected chi connectivity index (χ0v) is 69.6. The van der Waals surface area contributed by atoms with Crippen molar-refractivity contribution < 1.29 is 165 Å². The summed E-state index contributed by atoms with van der Waals surface area (Å²) < 4.78 is 87.3. The van der Waals surface area contributed by atoms with Gasteiger partial charge < -0.3 is 122 Å². The Balaban J connectivity index is 0.000000349. The van der Waals surface area contributed by atoms with Crippen LogP contribution in [0.3, 0.4) is 0 Å². The van der Waals surface area contributed by atoms with E-state index in [-0.39, 0.29) is 111 Å². The molecule has 0 aromatic heterocycles. The Hall–Kier alpha value is -9.25. The molecular formula is C85H120NO35+. The first-order valence-corrected chi connectivity index (χ1v) is 41.0. The maximum atomic E-state index is 13.4. The van der Waals surface area contributed by atoms with Crippen LogP contribution in [0.4, 0.5) is 0 Å². The number of quaternary nitrogens is 1. The second-order valence-corrected chi connectivity index (χ2v) is 28.5. The van der Waals surface area contributed by atoms with E-state index in [1.807, 2.05) is 72.8 Å². The second kappa shape index (κ2) is 57.2. The first-order valence-electron chi connectivity index (χ1n) is 41.0. The molecule has 10 atom stereocenters. The van der Waals surface area contributed by atoms with Crippen molar-refractivity contribution in [3.05, 3.63) is 105 Å². The Labute approximate surface area is 702 Å². The van der Waals surface area contributed by atoms with E-state index in [9.17, 15) is 68.7 Å². The van der Waals surface area contributed by atoms with Gasteiger partial charge in [0.15, 0.2) is 54.3 Å². The van der Waals surface area contributed by atoms with Crippen molar-refractivity contribution in [1.29, 1.82) is 0 Å². The summed E-state index contributed by atoms with van der Waals surface area (Å²) in [5, 5.41) is 74.7. The molecule has 8 rings (SSSR count). The fourth-order valence-electron chi connectivity index (χ4n) is 13.5. The molecule has 10 unspecified atom stereocenters. The number of carbonyl (C=O) groups is 9. The van der Waals surface area contributed by atoms with Crippen molar-refractivity contribution in [1.82, 2.24) is 0 Å². The van der Waals surface area contributed by atoms with Gasteiger partial charge in [-0.2, -0.15) is 0 Å². The lowest BCUT2D eigenvalue weighted by Crippen LogP contribution is -3.12. The van der Waals surface area contributed by atoms with Crippen LogP contribution < -0.4 is 23.8 Å². The fraction of sp³-hybridized carbons (Fsp3) is 0.612. The van der Waals surface area contributed by atoms with Crippen molar-refractivity contribution >= 4 is 53.4 Å². The van der Waals surface area contributed by atoms with Crippen LogP contribution in [0.5, 0.6) is 23.0 Å². The summed E-state index contributed by atoms with van der Waals surface area (Å²) in [5.74, 6) is -5.87. The first-order chi connectivity index (χ1) is 58.4. The maximum absolute atomic E-state index is 13.4. The number of nitrogens with one attached hydrogen (secondary N) is 1.